The molecule has 1 nitrogen and oxygen atoms in total. The summed E-state index contributed by atoms with van der Waals surface area (Å²) in [6, 6.07) is 4.30. The molecule has 2 rings (SSSR count). The molecule has 1 fully saturated rings. The SMILES string of the molecule is CCCNC(CC1CC1)c1ccc(C(F)(F)F)cc1C. The Bertz CT molecular complexity index is 450. The van der Waals surface area contributed by atoms with Crippen LogP contribution in [0.1, 0.15) is 55.3 Å². The van der Waals surface area contributed by atoms with E-state index in [9.17, 15) is 13.2 Å². The summed E-state index contributed by atoms with van der Waals surface area (Å²) >= 11 is 0. The number of benzene rings is 1. The molecule has 112 valence electrons. The van der Waals surface area contributed by atoms with E-state index in [-0.39, 0.29) is 6.04 Å². The fourth-order valence-corrected chi connectivity index (χ4v) is 2.57. The van der Waals surface area contributed by atoms with Gasteiger partial charge in [0, 0.05) is 6.04 Å². The lowest BCUT2D eigenvalue weighted by molar-refractivity contribution is -0.137. The number of alkyl halides is 3. The van der Waals surface area contributed by atoms with E-state index in [1.165, 1.54) is 25.0 Å². The zero-order valence-corrected chi connectivity index (χ0v) is 12.1. The molecular formula is C16H22F3N. The van der Waals surface area contributed by atoms with Crippen LogP contribution in [0.2, 0.25) is 0 Å². The Balaban J connectivity index is 2.18. The van der Waals surface area contributed by atoms with Crippen molar-refractivity contribution in [1.82, 2.24) is 5.32 Å². The van der Waals surface area contributed by atoms with E-state index in [0.29, 0.717) is 0 Å². The van der Waals surface area contributed by atoms with Crippen molar-refractivity contribution in [2.45, 2.75) is 51.7 Å². The van der Waals surface area contributed by atoms with Crippen molar-refractivity contribution >= 4 is 0 Å². The first-order valence-corrected chi connectivity index (χ1v) is 7.33. The van der Waals surface area contributed by atoms with Crippen LogP contribution in [-0.2, 0) is 6.18 Å². The summed E-state index contributed by atoms with van der Waals surface area (Å²) < 4.78 is 38.1. The maximum atomic E-state index is 12.7. The van der Waals surface area contributed by atoms with Crippen molar-refractivity contribution in [3.8, 4) is 0 Å². The van der Waals surface area contributed by atoms with E-state index in [4.69, 9.17) is 0 Å². The van der Waals surface area contributed by atoms with E-state index < -0.39 is 11.7 Å². The van der Waals surface area contributed by atoms with Crippen LogP contribution >= 0.6 is 0 Å². The largest absolute Gasteiger partial charge is 0.416 e. The molecule has 0 amide bonds. The molecule has 1 saturated carbocycles. The lowest BCUT2D eigenvalue weighted by Crippen LogP contribution is -2.23. The average molecular weight is 285 g/mol. The smallest absolute Gasteiger partial charge is 0.310 e. The normalized spacial score (nSPS) is 17.2. The van der Waals surface area contributed by atoms with Crippen molar-refractivity contribution in [3.63, 3.8) is 0 Å². The first kappa shape index (κ1) is 15.4. The molecule has 0 spiro atoms. The van der Waals surface area contributed by atoms with Gasteiger partial charge in [0.2, 0.25) is 0 Å². The third-order valence-corrected chi connectivity index (χ3v) is 3.88. The molecule has 4 heteroatoms. The van der Waals surface area contributed by atoms with Gasteiger partial charge in [0.15, 0.2) is 0 Å². The van der Waals surface area contributed by atoms with Gasteiger partial charge in [-0.25, -0.2) is 0 Å². The highest BCUT2D eigenvalue weighted by molar-refractivity contribution is 5.34. The van der Waals surface area contributed by atoms with Crippen LogP contribution in [0.3, 0.4) is 0 Å². The topological polar surface area (TPSA) is 12.0 Å². The maximum absolute atomic E-state index is 12.7. The van der Waals surface area contributed by atoms with Crippen molar-refractivity contribution in [3.05, 3.63) is 34.9 Å². The molecule has 1 unspecified atom stereocenters. The van der Waals surface area contributed by atoms with Crippen LogP contribution < -0.4 is 5.32 Å². The monoisotopic (exact) mass is 285 g/mol. The van der Waals surface area contributed by atoms with Crippen molar-refractivity contribution in [2.75, 3.05) is 6.54 Å². The second kappa shape index (κ2) is 6.17. The molecule has 1 aliphatic carbocycles. The van der Waals surface area contributed by atoms with Gasteiger partial charge in [-0.3, -0.25) is 0 Å². The molecule has 1 aromatic carbocycles. The minimum absolute atomic E-state index is 0.185. The Morgan fingerprint density at radius 3 is 2.50 bits per heavy atom. The highest BCUT2D eigenvalue weighted by Gasteiger charge is 2.32. The van der Waals surface area contributed by atoms with E-state index in [1.807, 2.05) is 0 Å². The maximum Gasteiger partial charge on any atom is 0.416 e. The van der Waals surface area contributed by atoms with E-state index in [0.717, 1.165) is 36.4 Å². The van der Waals surface area contributed by atoms with Gasteiger partial charge in [0.1, 0.15) is 0 Å². The molecule has 20 heavy (non-hydrogen) atoms. The summed E-state index contributed by atoms with van der Waals surface area (Å²) in [6.45, 7) is 4.77. The standard InChI is InChI=1S/C16H22F3N/c1-3-8-20-15(10-12-4-5-12)14-7-6-13(9-11(14)2)16(17,18)19/h6-7,9,12,15,20H,3-5,8,10H2,1-2H3. The summed E-state index contributed by atoms with van der Waals surface area (Å²) in [5.41, 5.74) is 1.19. The van der Waals surface area contributed by atoms with Gasteiger partial charge in [0.05, 0.1) is 5.56 Å². The molecule has 0 bridgehead atoms. The number of aryl methyl sites for hydroxylation is 1. The van der Waals surface area contributed by atoms with Crippen LogP contribution in [0.15, 0.2) is 18.2 Å². The third kappa shape index (κ3) is 3.98. The van der Waals surface area contributed by atoms with Gasteiger partial charge >= 0.3 is 6.18 Å². The molecule has 1 atom stereocenters. The first-order chi connectivity index (χ1) is 9.41. The summed E-state index contributed by atoms with van der Waals surface area (Å²) in [5, 5.41) is 3.47. The Kier molecular flexibility index (Phi) is 4.74. The summed E-state index contributed by atoms with van der Waals surface area (Å²) in [6.07, 6.45) is 0.313. The number of nitrogens with one attached hydrogen (secondary N) is 1. The second-order valence-electron chi connectivity index (χ2n) is 5.75. The average Bonchev–Trinajstić information content (AvgIpc) is 3.17. The van der Waals surface area contributed by atoms with Crippen LogP contribution in [0.5, 0.6) is 0 Å². The van der Waals surface area contributed by atoms with Crippen molar-refractivity contribution < 1.29 is 13.2 Å². The molecule has 0 aliphatic heterocycles. The molecular weight excluding hydrogens is 263 g/mol. The predicted molar refractivity (Wildman–Crippen MR) is 74.6 cm³/mol. The second-order valence-corrected chi connectivity index (χ2v) is 5.75. The Morgan fingerprint density at radius 1 is 1.30 bits per heavy atom. The van der Waals surface area contributed by atoms with Crippen molar-refractivity contribution in [1.29, 1.82) is 0 Å². The molecule has 0 heterocycles. The molecule has 1 aromatic rings. The Morgan fingerprint density at radius 2 is 2.00 bits per heavy atom. The van der Waals surface area contributed by atoms with Gasteiger partial charge in [-0.2, -0.15) is 13.2 Å². The minimum Gasteiger partial charge on any atom is -0.310 e. The van der Waals surface area contributed by atoms with Crippen LogP contribution in [0.25, 0.3) is 0 Å². The molecule has 0 aromatic heterocycles. The van der Waals surface area contributed by atoms with Gasteiger partial charge in [-0.05, 0) is 55.5 Å². The van der Waals surface area contributed by atoms with Crippen LogP contribution in [0.4, 0.5) is 13.2 Å². The fraction of sp³-hybridized carbons (Fsp3) is 0.625. The molecule has 1 N–H and O–H groups in total. The molecule has 0 saturated heterocycles. The summed E-state index contributed by atoms with van der Waals surface area (Å²) in [5.74, 6) is 0.742. The van der Waals surface area contributed by atoms with Gasteiger partial charge in [0.25, 0.3) is 0 Å². The number of halogens is 3. The van der Waals surface area contributed by atoms with E-state index >= 15 is 0 Å². The molecule has 1 aliphatic rings. The summed E-state index contributed by atoms with van der Waals surface area (Å²) in [4.78, 5) is 0. The minimum atomic E-state index is -4.26. The lowest BCUT2D eigenvalue weighted by Gasteiger charge is -2.22. The first-order valence-electron chi connectivity index (χ1n) is 7.33. The highest BCUT2D eigenvalue weighted by Crippen LogP contribution is 2.39. The van der Waals surface area contributed by atoms with E-state index in [1.54, 1.807) is 13.0 Å². The number of rotatable bonds is 6. The fourth-order valence-electron chi connectivity index (χ4n) is 2.57. The van der Waals surface area contributed by atoms with E-state index in [2.05, 4.69) is 12.2 Å². The Hall–Kier alpha value is -1.03. The van der Waals surface area contributed by atoms with Crippen LogP contribution in [0, 0.1) is 12.8 Å². The quantitative estimate of drug-likeness (QED) is 0.787. The zero-order valence-electron chi connectivity index (χ0n) is 12.1. The number of hydrogen-bond donors (Lipinski definition) is 1. The van der Waals surface area contributed by atoms with Gasteiger partial charge in [-0.15, -0.1) is 0 Å². The van der Waals surface area contributed by atoms with Gasteiger partial charge < -0.3 is 5.32 Å². The zero-order chi connectivity index (χ0) is 14.8. The molecule has 0 radical (unpaired) electrons. The highest BCUT2D eigenvalue weighted by atomic mass is 19.4. The third-order valence-electron chi connectivity index (χ3n) is 3.88. The lowest BCUT2D eigenvalue weighted by atomic mass is 9.95. The van der Waals surface area contributed by atoms with Gasteiger partial charge in [-0.1, -0.05) is 25.8 Å². The van der Waals surface area contributed by atoms with Crippen molar-refractivity contribution in [2.24, 2.45) is 5.92 Å². The number of hydrogen-bond acceptors (Lipinski definition) is 1. The summed E-state index contributed by atoms with van der Waals surface area (Å²) in [7, 11) is 0. The Labute approximate surface area is 118 Å². The van der Waals surface area contributed by atoms with Crippen LogP contribution in [-0.4, -0.2) is 6.54 Å². The predicted octanol–water partition coefficient (Wildman–Crippen LogP) is 4.85.